The molecule has 1 aliphatic rings. The smallest absolute Gasteiger partial charge is 0.275 e. The first-order valence-corrected chi connectivity index (χ1v) is 11.0. The maximum absolute atomic E-state index is 12.7. The molecule has 0 aliphatic heterocycles. The molecule has 0 bridgehead atoms. The summed E-state index contributed by atoms with van der Waals surface area (Å²) in [5, 5.41) is 14.7. The van der Waals surface area contributed by atoms with Crippen LogP contribution in [0.3, 0.4) is 0 Å². The van der Waals surface area contributed by atoms with Crippen LogP contribution in [0.15, 0.2) is 54.6 Å². The van der Waals surface area contributed by atoms with E-state index >= 15 is 0 Å². The van der Waals surface area contributed by atoms with Crippen LogP contribution in [0.5, 0.6) is 0 Å². The largest absolute Gasteiger partial charge is 0.357 e. The lowest BCUT2D eigenvalue weighted by atomic mass is 10.1. The van der Waals surface area contributed by atoms with Crippen molar-refractivity contribution in [3.05, 3.63) is 76.9 Å². The van der Waals surface area contributed by atoms with Crippen LogP contribution >= 0.6 is 0 Å². The van der Waals surface area contributed by atoms with Crippen molar-refractivity contribution in [2.24, 2.45) is 0 Å². The summed E-state index contributed by atoms with van der Waals surface area (Å²) in [5.74, 6) is 3.84. The Morgan fingerprint density at radius 2 is 1.76 bits per heavy atom. The number of likely N-dealkylation sites (N-methyl/N-ethyl adjacent to an activating group) is 2. The summed E-state index contributed by atoms with van der Waals surface area (Å²) in [7, 11) is 2.65. The van der Waals surface area contributed by atoms with Gasteiger partial charge in [-0.25, -0.2) is 5.48 Å². The van der Waals surface area contributed by atoms with E-state index < -0.39 is 23.8 Å². The Bertz CT molecular complexity index is 1090. The topological polar surface area (TPSA) is 111 Å². The molecule has 3 amide bonds. The zero-order valence-electron chi connectivity index (χ0n) is 19.2. The molecule has 1 unspecified atom stereocenters. The van der Waals surface area contributed by atoms with E-state index in [4.69, 9.17) is 5.21 Å². The summed E-state index contributed by atoms with van der Waals surface area (Å²) in [5.41, 5.74) is 4.72. The van der Waals surface area contributed by atoms with E-state index in [1.807, 2.05) is 18.2 Å². The normalized spacial score (nSPS) is 13.5. The lowest BCUT2D eigenvalue weighted by Gasteiger charge is -2.25. The molecule has 8 heteroatoms. The monoisotopic (exact) mass is 460 g/mol. The molecule has 3 rings (SSSR count). The summed E-state index contributed by atoms with van der Waals surface area (Å²) < 4.78 is 0. The average Bonchev–Trinajstić information content (AvgIpc) is 3.70. The number of carbonyl (C=O) groups excluding carboxylic acids is 3. The van der Waals surface area contributed by atoms with Gasteiger partial charge in [-0.15, -0.1) is 0 Å². The Labute approximate surface area is 199 Å². The molecule has 0 heterocycles. The maximum Gasteiger partial charge on any atom is 0.275 e. The quantitative estimate of drug-likeness (QED) is 0.207. The molecule has 0 spiro atoms. The molecule has 1 atom stereocenters. The first-order valence-electron chi connectivity index (χ1n) is 11.0. The molecule has 0 radical (unpaired) electrons. The predicted octanol–water partition coefficient (Wildman–Crippen LogP) is 1.70. The van der Waals surface area contributed by atoms with E-state index in [-0.39, 0.29) is 0 Å². The minimum atomic E-state index is -1.50. The van der Waals surface area contributed by atoms with Crippen LogP contribution in [0, 0.1) is 11.8 Å². The van der Waals surface area contributed by atoms with Gasteiger partial charge in [-0.2, -0.15) is 0 Å². The number of benzene rings is 2. The van der Waals surface area contributed by atoms with Crippen molar-refractivity contribution in [3.63, 3.8) is 0 Å². The molecule has 1 aliphatic carbocycles. The fourth-order valence-corrected chi connectivity index (χ4v) is 3.24. The molecule has 1 saturated carbocycles. The summed E-state index contributed by atoms with van der Waals surface area (Å²) in [6, 6.07) is 14.0. The number of nitrogens with zero attached hydrogens (tertiary/aromatic N) is 1. The number of hydroxylamine groups is 1. The number of carbonyl (C=O) groups is 3. The van der Waals surface area contributed by atoms with Crippen molar-refractivity contribution < 1.29 is 19.6 Å². The van der Waals surface area contributed by atoms with Gasteiger partial charge in [0.2, 0.25) is 0 Å². The highest BCUT2D eigenvalue weighted by atomic mass is 16.5. The van der Waals surface area contributed by atoms with Crippen LogP contribution < -0.4 is 16.1 Å². The summed E-state index contributed by atoms with van der Waals surface area (Å²) in [4.78, 5) is 37.5. The number of allylic oxidation sites excluding steroid dienone is 1. The summed E-state index contributed by atoms with van der Waals surface area (Å²) in [6.07, 6.45) is 6.10. The Kier molecular flexibility index (Phi) is 8.57. The molecule has 2 aromatic carbocycles. The van der Waals surface area contributed by atoms with Crippen LogP contribution in [0.4, 0.5) is 0 Å². The van der Waals surface area contributed by atoms with Crippen LogP contribution in [-0.2, 0) is 16.1 Å². The van der Waals surface area contributed by atoms with Gasteiger partial charge >= 0.3 is 0 Å². The molecule has 2 aromatic rings. The lowest BCUT2D eigenvalue weighted by Crippen LogP contribution is -2.54. The second-order valence-electron chi connectivity index (χ2n) is 7.99. The molecular weight excluding hydrogens is 432 g/mol. The van der Waals surface area contributed by atoms with Crippen molar-refractivity contribution in [3.8, 4) is 11.8 Å². The van der Waals surface area contributed by atoms with E-state index in [0.717, 1.165) is 22.6 Å². The van der Waals surface area contributed by atoms with E-state index in [0.29, 0.717) is 11.6 Å². The van der Waals surface area contributed by atoms with Crippen LogP contribution in [0.1, 0.15) is 39.9 Å². The fraction of sp³-hybridized carbons (Fsp3) is 0.269. The molecule has 0 saturated heterocycles. The third-order valence-corrected chi connectivity index (χ3v) is 5.42. The van der Waals surface area contributed by atoms with Crippen molar-refractivity contribution >= 4 is 23.8 Å². The Morgan fingerprint density at radius 3 is 2.35 bits per heavy atom. The van der Waals surface area contributed by atoms with Crippen LogP contribution in [0.25, 0.3) is 6.08 Å². The van der Waals surface area contributed by atoms with Gasteiger partial charge in [0.1, 0.15) is 0 Å². The summed E-state index contributed by atoms with van der Waals surface area (Å²) in [6.45, 7) is 0.883. The van der Waals surface area contributed by atoms with E-state index in [9.17, 15) is 14.4 Å². The Morgan fingerprint density at radius 1 is 1.09 bits per heavy atom. The first kappa shape index (κ1) is 24.7. The first-order chi connectivity index (χ1) is 16.4. The number of amides is 3. The van der Waals surface area contributed by atoms with E-state index in [1.165, 1.54) is 38.0 Å². The molecule has 4 N–H and O–H groups in total. The van der Waals surface area contributed by atoms with Gasteiger partial charge in [0.25, 0.3) is 17.7 Å². The lowest BCUT2D eigenvalue weighted by molar-refractivity contribution is -0.140. The number of nitrogens with one attached hydrogen (secondary N) is 3. The maximum atomic E-state index is 12.7. The van der Waals surface area contributed by atoms with Gasteiger partial charge in [-0.1, -0.05) is 36.1 Å². The van der Waals surface area contributed by atoms with Crippen molar-refractivity contribution in [1.82, 2.24) is 21.0 Å². The number of hydrogen-bond acceptors (Lipinski definition) is 5. The standard InChI is InChI=1S/C26H28N4O4/c1-27-24(31)23(25(32)29-34)30(2)26(33)21-13-11-19(12-14-21)6-4-3-5-18-7-9-20(10-8-18)17-28-22-15-16-22/h4,6-14,22-23,28,34H,15-17H2,1-2H3,(H,27,31)(H,29,32)/b6-4+. The molecule has 8 nitrogen and oxygen atoms in total. The molecule has 0 aromatic heterocycles. The van der Waals surface area contributed by atoms with E-state index in [2.05, 4.69) is 34.6 Å². The van der Waals surface area contributed by atoms with Crippen LogP contribution in [0.2, 0.25) is 0 Å². The van der Waals surface area contributed by atoms with Gasteiger partial charge in [-0.3, -0.25) is 19.6 Å². The second kappa shape index (κ2) is 11.8. The van der Waals surface area contributed by atoms with Gasteiger partial charge in [0, 0.05) is 37.8 Å². The zero-order valence-corrected chi connectivity index (χ0v) is 19.2. The van der Waals surface area contributed by atoms with Crippen molar-refractivity contribution in [2.45, 2.75) is 31.5 Å². The third kappa shape index (κ3) is 6.78. The highest BCUT2D eigenvalue weighted by Gasteiger charge is 2.33. The van der Waals surface area contributed by atoms with Crippen molar-refractivity contribution in [2.75, 3.05) is 14.1 Å². The minimum Gasteiger partial charge on any atom is -0.357 e. The predicted molar refractivity (Wildman–Crippen MR) is 129 cm³/mol. The minimum absolute atomic E-state index is 0.293. The fourth-order valence-electron chi connectivity index (χ4n) is 3.24. The Hall–Kier alpha value is -3.93. The highest BCUT2D eigenvalue weighted by Crippen LogP contribution is 2.19. The molecule has 34 heavy (non-hydrogen) atoms. The van der Waals surface area contributed by atoms with E-state index in [1.54, 1.807) is 30.3 Å². The molecule has 1 fully saturated rings. The number of hydrogen-bond donors (Lipinski definition) is 4. The zero-order chi connectivity index (χ0) is 24.5. The second-order valence-corrected chi connectivity index (χ2v) is 7.99. The summed E-state index contributed by atoms with van der Waals surface area (Å²) >= 11 is 0. The van der Waals surface area contributed by atoms with Gasteiger partial charge < -0.3 is 15.5 Å². The Balaban J connectivity index is 1.58. The van der Waals surface area contributed by atoms with Gasteiger partial charge in [0.15, 0.2) is 6.04 Å². The van der Waals surface area contributed by atoms with Crippen LogP contribution in [-0.4, -0.2) is 54.0 Å². The van der Waals surface area contributed by atoms with Crippen molar-refractivity contribution in [1.29, 1.82) is 0 Å². The average molecular weight is 461 g/mol. The van der Waals surface area contributed by atoms with Gasteiger partial charge in [0.05, 0.1) is 0 Å². The molecule has 176 valence electrons. The molecular formula is C26H28N4O4. The number of rotatable bonds is 8. The third-order valence-electron chi connectivity index (χ3n) is 5.42. The SMILES string of the molecule is CNC(=O)C(C(=O)NO)N(C)C(=O)c1ccc(/C=C/C#Cc2ccc(CNC3CC3)cc2)cc1. The highest BCUT2D eigenvalue weighted by molar-refractivity contribution is 6.08. The van der Waals surface area contributed by atoms with Gasteiger partial charge in [-0.05, 0) is 60.4 Å².